The van der Waals surface area contributed by atoms with Gasteiger partial charge in [0.05, 0.1) is 5.75 Å². The summed E-state index contributed by atoms with van der Waals surface area (Å²) in [7, 11) is 0. The van der Waals surface area contributed by atoms with E-state index in [1.54, 1.807) is 59.8 Å². The lowest BCUT2D eigenvalue weighted by Crippen LogP contribution is -2.35. The lowest BCUT2D eigenvalue weighted by Gasteiger charge is -2.22. The average molecular weight is 600 g/mol. The highest BCUT2D eigenvalue weighted by Crippen LogP contribution is 2.31. The van der Waals surface area contributed by atoms with Crippen molar-refractivity contribution in [2.75, 3.05) is 26.2 Å². The van der Waals surface area contributed by atoms with E-state index >= 15 is 0 Å². The number of thioether (sulfide) groups is 1. The maximum Gasteiger partial charge on any atom is 0.289 e. The van der Waals surface area contributed by atoms with Gasteiger partial charge in [0.2, 0.25) is 5.91 Å². The number of amides is 3. The normalized spacial score (nSPS) is 15.0. The highest BCUT2D eigenvalue weighted by Gasteiger charge is 2.20. The van der Waals surface area contributed by atoms with Gasteiger partial charge in [-0.15, -0.1) is 0 Å². The Hall–Kier alpha value is -4.64. The minimum absolute atomic E-state index is 0.0928. The number of fused-ring (bicyclic) bond motifs is 5. The summed E-state index contributed by atoms with van der Waals surface area (Å²) in [6.45, 7) is 1.54. The number of aromatic nitrogens is 2. The molecule has 4 aromatic rings. The van der Waals surface area contributed by atoms with E-state index in [0.29, 0.717) is 73.2 Å². The molecule has 3 heterocycles. The summed E-state index contributed by atoms with van der Waals surface area (Å²) in [5.41, 5.74) is 2.77. The fourth-order valence-electron chi connectivity index (χ4n) is 4.77. The smallest absolute Gasteiger partial charge is 0.289 e. The summed E-state index contributed by atoms with van der Waals surface area (Å²) >= 11 is 1.41. The van der Waals surface area contributed by atoms with Crippen LogP contribution in [0.4, 0.5) is 0 Å². The second-order valence-electron chi connectivity index (χ2n) is 10.1. The summed E-state index contributed by atoms with van der Waals surface area (Å²) in [4.78, 5) is 49.0. The van der Waals surface area contributed by atoms with Gasteiger partial charge in [-0.2, -0.15) is 0 Å². The van der Waals surface area contributed by atoms with E-state index in [1.807, 2.05) is 18.2 Å². The average Bonchev–Trinajstić information content (AvgIpc) is 3.51. The molecule has 0 unspecified atom stereocenters. The number of phenols is 1. The van der Waals surface area contributed by atoms with Crippen molar-refractivity contribution in [3.05, 3.63) is 95.7 Å². The van der Waals surface area contributed by atoms with Gasteiger partial charge in [0.25, 0.3) is 11.8 Å². The molecule has 5 rings (SSSR count). The Morgan fingerprint density at radius 1 is 0.907 bits per heavy atom. The molecule has 0 aliphatic carbocycles. The van der Waals surface area contributed by atoms with Gasteiger partial charge in [0.1, 0.15) is 11.5 Å². The quantitative estimate of drug-likeness (QED) is 0.231. The van der Waals surface area contributed by atoms with E-state index < -0.39 is 0 Å². The van der Waals surface area contributed by atoms with Crippen LogP contribution in [0.15, 0.2) is 82.6 Å². The summed E-state index contributed by atoms with van der Waals surface area (Å²) < 4.78 is 5.85. The molecule has 0 saturated heterocycles. The third-order valence-corrected chi connectivity index (χ3v) is 7.90. The van der Waals surface area contributed by atoms with Crippen molar-refractivity contribution in [1.82, 2.24) is 25.5 Å². The zero-order valence-electron chi connectivity index (χ0n) is 23.6. The summed E-state index contributed by atoms with van der Waals surface area (Å²) in [5, 5.41) is 17.0. The van der Waals surface area contributed by atoms with E-state index in [-0.39, 0.29) is 35.7 Å². The van der Waals surface area contributed by atoms with Crippen molar-refractivity contribution in [1.29, 1.82) is 0 Å². The number of nitrogens with one attached hydrogen (secondary N) is 2. The first-order chi connectivity index (χ1) is 21.0. The van der Waals surface area contributed by atoms with Crippen LogP contribution in [-0.4, -0.2) is 63.9 Å². The lowest BCUT2D eigenvalue weighted by molar-refractivity contribution is -0.121. The SMILES string of the molecule is O=C1CCCN(C(=O)c2ccc(CSc3ncccn3)o2)CCCNC(=O)c2cccc(c2)-c2cc(ccc2O)CCN1. The number of phenolic OH excluding ortho intramolecular Hbond substituents is 1. The highest BCUT2D eigenvalue weighted by atomic mass is 32.2. The number of hydrogen-bond acceptors (Lipinski definition) is 8. The van der Waals surface area contributed by atoms with Crippen LogP contribution in [-0.2, 0) is 17.0 Å². The minimum Gasteiger partial charge on any atom is -0.507 e. The Morgan fingerprint density at radius 2 is 1.72 bits per heavy atom. The predicted octanol–water partition coefficient (Wildman–Crippen LogP) is 4.45. The Balaban J connectivity index is 1.27. The zero-order chi connectivity index (χ0) is 30.0. The molecular weight excluding hydrogens is 566 g/mol. The first-order valence-corrected chi connectivity index (χ1v) is 15.2. The van der Waals surface area contributed by atoms with Crippen molar-refractivity contribution < 1.29 is 23.9 Å². The molecule has 1 aliphatic rings. The molecule has 2 aromatic heterocycles. The predicted molar refractivity (Wildman–Crippen MR) is 163 cm³/mol. The van der Waals surface area contributed by atoms with Crippen LogP contribution >= 0.6 is 11.8 Å². The third kappa shape index (κ3) is 8.23. The first kappa shape index (κ1) is 29.8. The maximum atomic E-state index is 13.4. The fourth-order valence-corrected chi connectivity index (χ4v) is 5.47. The van der Waals surface area contributed by atoms with Gasteiger partial charge < -0.3 is 25.1 Å². The van der Waals surface area contributed by atoms with Crippen LogP contribution in [0.5, 0.6) is 5.75 Å². The van der Waals surface area contributed by atoms with Crippen LogP contribution in [0.25, 0.3) is 11.1 Å². The molecule has 1 aliphatic heterocycles. The van der Waals surface area contributed by atoms with Crippen molar-refractivity contribution in [3.63, 3.8) is 0 Å². The van der Waals surface area contributed by atoms with Crippen LogP contribution in [0.1, 0.15) is 51.5 Å². The van der Waals surface area contributed by atoms with E-state index in [4.69, 9.17) is 4.42 Å². The summed E-state index contributed by atoms with van der Waals surface area (Å²) in [6.07, 6.45) is 5.19. The van der Waals surface area contributed by atoms with Crippen LogP contribution in [0.2, 0.25) is 0 Å². The summed E-state index contributed by atoms with van der Waals surface area (Å²) in [6, 6.07) is 17.6. The first-order valence-electron chi connectivity index (χ1n) is 14.2. The molecule has 0 saturated carbocycles. The molecule has 0 atom stereocenters. The minimum atomic E-state index is -0.267. The van der Waals surface area contributed by atoms with Gasteiger partial charge in [0, 0.05) is 56.1 Å². The fraction of sp³-hybridized carbons (Fsp3) is 0.281. The van der Waals surface area contributed by atoms with Crippen LogP contribution in [0.3, 0.4) is 0 Å². The molecule has 0 radical (unpaired) electrons. The number of rotatable bonds is 4. The number of furan rings is 1. The van der Waals surface area contributed by atoms with Crippen molar-refractivity contribution in [2.45, 2.75) is 36.6 Å². The van der Waals surface area contributed by atoms with Gasteiger partial charge in [-0.25, -0.2) is 9.97 Å². The van der Waals surface area contributed by atoms with Gasteiger partial charge >= 0.3 is 0 Å². The molecule has 11 heteroatoms. The molecule has 222 valence electrons. The van der Waals surface area contributed by atoms with Crippen molar-refractivity contribution in [3.8, 4) is 16.9 Å². The molecule has 3 N–H and O–H groups in total. The number of aromatic hydroxyl groups is 1. The molecular formula is C32H33N5O5S. The molecule has 10 nitrogen and oxygen atoms in total. The Morgan fingerprint density at radius 3 is 2.58 bits per heavy atom. The third-order valence-electron chi connectivity index (χ3n) is 7.00. The van der Waals surface area contributed by atoms with Gasteiger partial charge in [-0.05, 0) is 72.9 Å². The Labute approximate surface area is 253 Å². The number of carbonyl (C=O) groups excluding carboxylic acids is 3. The van der Waals surface area contributed by atoms with Gasteiger partial charge in [0.15, 0.2) is 10.9 Å². The molecule has 0 fully saturated rings. The molecule has 2 aromatic carbocycles. The molecule has 0 spiro atoms. The second kappa shape index (κ2) is 14.5. The van der Waals surface area contributed by atoms with E-state index in [0.717, 1.165) is 11.1 Å². The number of hydrogen-bond donors (Lipinski definition) is 3. The van der Waals surface area contributed by atoms with E-state index in [2.05, 4.69) is 20.6 Å². The summed E-state index contributed by atoms with van der Waals surface area (Å²) in [5.74, 6) is 0.853. The Bertz CT molecular complexity index is 1580. The van der Waals surface area contributed by atoms with Crippen LogP contribution in [0, 0.1) is 0 Å². The van der Waals surface area contributed by atoms with E-state index in [1.165, 1.54) is 11.8 Å². The standard InChI is InChI=1S/C32H33N5O5S/c38-27-10-8-22-12-16-33-29(39)7-2-17-37(18-4-15-34-30(40)24-6-1-5-23(20-24)26(27)19-22)31(41)28-11-9-25(42-28)21-43-32-35-13-3-14-36-32/h1,3,5-6,8-11,13-14,19-20,38H,2,4,7,12,15-18,21H2,(H,33,39)(H,34,40). The Kier molecular flexibility index (Phi) is 10.1. The van der Waals surface area contributed by atoms with E-state index in [9.17, 15) is 19.5 Å². The number of carbonyl (C=O) groups is 3. The van der Waals surface area contributed by atoms with Crippen molar-refractivity contribution >= 4 is 29.5 Å². The molecule has 43 heavy (non-hydrogen) atoms. The highest BCUT2D eigenvalue weighted by molar-refractivity contribution is 7.98. The maximum absolute atomic E-state index is 13.4. The lowest BCUT2D eigenvalue weighted by atomic mass is 9.98. The van der Waals surface area contributed by atoms with Gasteiger partial charge in [-0.3, -0.25) is 14.4 Å². The second-order valence-corrected chi connectivity index (χ2v) is 11.1. The monoisotopic (exact) mass is 599 g/mol. The topological polar surface area (TPSA) is 138 Å². The molecule has 3 amide bonds. The van der Waals surface area contributed by atoms with Gasteiger partial charge in [-0.1, -0.05) is 30.0 Å². The zero-order valence-corrected chi connectivity index (χ0v) is 24.4. The largest absolute Gasteiger partial charge is 0.507 e. The van der Waals surface area contributed by atoms with Crippen LogP contribution < -0.4 is 10.6 Å². The molecule has 4 bridgehead atoms. The number of benzene rings is 2. The number of nitrogens with zero attached hydrogens (tertiary/aromatic N) is 3. The van der Waals surface area contributed by atoms with Crippen molar-refractivity contribution in [2.24, 2.45) is 0 Å².